The highest BCUT2D eigenvalue weighted by Crippen LogP contribution is 2.37. The zero-order valence-corrected chi connectivity index (χ0v) is 16.3. The Balaban J connectivity index is 1.67. The lowest BCUT2D eigenvalue weighted by atomic mass is 9.94. The first-order valence-electron chi connectivity index (χ1n) is 9.14. The van der Waals surface area contributed by atoms with Gasteiger partial charge in [0.1, 0.15) is 17.3 Å². The highest BCUT2D eigenvalue weighted by atomic mass is 32.2. The SMILES string of the molecule is CCC1=C(CCS(C)=O)Oc2ccc(-c3c[nH]c4cc(F)ccc34)cc2C1. The summed E-state index contributed by atoms with van der Waals surface area (Å²) in [7, 11) is -0.826. The number of fused-ring (bicyclic) bond motifs is 2. The lowest BCUT2D eigenvalue weighted by Crippen LogP contribution is -2.12. The molecular weight excluding hydrogens is 361 g/mol. The first-order chi connectivity index (χ1) is 13.0. The van der Waals surface area contributed by atoms with Gasteiger partial charge in [0, 0.05) is 58.3 Å². The fourth-order valence-corrected chi connectivity index (χ4v) is 4.11. The van der Waals surface area contributed by atoms with Crippen LogP contribution in [0.25, 0.3) is 22.0 Å². The van der Waals surface area contributed by atoms with Crippen LogP contribution in [-0.2, 0) is 17.2 Å². The summed E-state index contributed by atoms with van der Waals surface area (Å²) < 4.78 is 31.0. The number of benzene rings is 2. The van der Waals surface area contributed by atoms with Crippen molar-refractivity contribution in [3.05, 3.63) is 65.3 Å². The number of aromatic nitrogens is 1. The van der Waals surface area contributed by atoms with E-state index in [1.807, 2.05) is 24.4 Å². The van der Waals surface area contributed by atoms with Gasteiger partial charge in [0.15, 0.2) is 0 Å². The summed E-state index contributed by atoms with van der Waals surface area (Å²) in [6.07, 6.45) is 6.13. The van der Waals surface area contributed by atoms with Crippen molar-refractivity contribution in [2.45, 2.75) is 26.2 Å². The number of H-pyrrole nitrogens is 1. The molecule has 5 heteroatoms. The molecule has 1 atom stereocenters. The summed E-state index contributed by atoms with van der Waals surface area (Å²) in [4.78, 5) is 3.15. The molecule has 0 fully saturated rings. The monoisotopic (exact) mass is 383 g/mol. The van der Waals surface area contributed by atoms with Gasteiger partial charge < -0.3 is 9.72 Å². The maximum atomic E-state index is 13.4. The molecule has 0 saturated heterocycles. The summed E-state index contributed by atoms with van der Waals surface area (Å²) in [5.74, 6) is 2.22. The van der Waals surface area contributed by atoms with Crippen molar-refractivity contribution in [2.24, 2.45) is 0 Å². The Labute approximate surface area is 160 Å². The Hall–Kier alpha value is -2.40. The molecule has 2 heterocycles. The maximum absolute atomic E-state index is 13.4. The summed E-state index contributed by atoms with van der Waals surface area (Å²) in [6, 6.07) is 11.0. The Morgan fingerprint density at radius 3 is 2.85 bits per heavy atom. The van der Waals surface area contributed by atoms with Crippen molar-refractivity contribution in [3.63, 3.8) is 0 Å². The molecule has 27 heavy (non-hydrogen) atoms. The van der Waals surface area contributed by atoms with Crippen LogP contribution in [0.1, 0.15) is 25.3 Å². The van der Waals surface area contributed by atoms with E-state index in [2.05, 4.69) is 18.0 Å². The predicted octanol–water partition coefficient (Wildman–Crippen LogP) is 5.34. The zero-order chi connectivity index (χ0) is 19.0. The summed E-state index contributed by atoms with van der Waals surface area (Å²) >= 11 is 0. The third-order valence-corrected chi connectivity index (χ3v) is 5.87. The molecule has 4 rings (SSSR count). The standard InChI is InChI=1S/C22H22FNO2S/c1-3-14-10-16-11-15(4-7-21(16)26-22(14)8-9-27(2)25)19-13-24-20-12-17(23)5-6-18(19)20/h4-7,11-13,24H,3,8-10H2,1-2H3. The fraction of sp³-hybridized carbons (Fsp3) is 0.273. The van der Waals surface area contributed by atoms with Gasteiger partial charge in [-0.15, -0.1) is 0 Å². The van der Waals surface area contributed by atoms with Gasteiger partial charge in [-0.05, 0) is 53.5 Å². The third kappa shape index (κ3) is 3.56. The van der Waals surface area contributed by atoms with E-state index >= 15 is 0 Å². The van der Waals surface area contributed by atoms with Crippen molar-refractivity contribution in [1.29, 1.82) is 0 Å². The van der Waals surface area contributed by atoms with E-state index in [4.69, 9.17) is 4.74 Å². The van der Waals surface area contributed by atoms with Crippen LogP contribution in [0.5, 0.6) is 5.75 Å². The fourth-order valence-electron chi connectivity index (χ4n) is 3.64. The van der Waals surface area contributed by atoms with Crippen LogP contribution in [0, 0.1) is 5.82 Å². The molecule has 3 nitrogen and oxygen atoms in total. The van der Waals surface area contributed by atoms with E-state index in [9.17, 15) is 8.60 Å². The highest BCUT2D eigenvalue weighted by molar-refractivity contribution is 7.84. The number of halogens is 1. The zero-order valence-electron chi connectivity index (χ0n) is 15.5. The predicted molar refractivity (Wildman–Crippen MR) is 109 cm³/mol. The van der Waals surface area contributed by atoms with Gasteiger partial charge in [0.25, 0.3) is 0 Å². The van der Waals surface area contributed by atoms with E-state index in [1.54, 1.807) is 6.26 Å². The molecule has 140 valence electrons. The van der Waals surface area contributed by atoms with Crippen LogP contribution in [0.4, 0.5) is 4.39 Å². The molecule has 0 saturated carbocycles. The molecule has 2 aromatic carbocycles. The van der Waals surface area contributed by atoms with Crippen LogP contribution in [0.3, 0.4) is 0 Å². The van der Waals surface area contributed by atoms with Crippen molar-refractivity contribution in [2.75, 3.05) is 12.0 Å². The van der Waals surface area contributed by atoms with Gasteiger partial charge in [-0.2, -0.15) is 0 Å². The molecule has 1 aromatic heterocycles. The molecule has 0 bridgehead atoms. The lowest BCUT2D eigenvalue weighted by Gasteiger charge is -2.23. The van der Waals surface area contributed by atoms with Gasteiger partial charge in [-0.25, -0.2) is 4.39 Å². The molecule has 1 aliphatic rings. The first-order valence-corrected chi connectivity index (χ1v) is 10.9. The van der Waals surface area contributed by atoms with Gasteiger partial charge in [0.2, 0.25) is 0 Å². The average Bonchev–Trinajstić information content (AvgIpc) is 3.08. The van der Waals surface area contributed by atoms with Crippen LogP contribution in [-0.4, -0.2) is 21.2 Å². The van der Waals surface area contributed by atoms with Gasteiger partial charge in [-0.1, -0.05) is 13.0 Å². The normalized spacial score (nSPS) is 14.9. The quantitative estimate of drug-likeness (QED) is 0.646. The second-order valence-corrected chi connectivity index (χ2v) is 8.46. The first kappa shape index (κ1) is 18.0. The van der Waals surface area contributed by atoms with E-state index < -0.39 is 10.8 Å². The molecule has 1 aliphatic heterocycles. The second-order valence-electron chi connectivity index (χ2n) is 6.90. The minimum Gasteiger partial charge on any atom is -0.461 e. The lowest BCUT2D eigenvalue weighted by molar-refractivity contribution is 0.384. The van der Waals surface area contributed by atoms with Crippen LogP contribution >= 0.6 is 0 Å². The van der Waals surface area contributed by atoms with Crippen LogP contribution < -0.4 is 4.74 Å². The minimum atomic E-state index is -0.826. The third-order valence-electron chi connectivity index (χ3n) is 5.09. The summed E-state index contributed by atoms with van der Waals surface area (Å²) in [5.41, 5.74) is 5.36. The van der Waals surface area contributed by atoms with Gasteiger partial charge in [0.05, 0.1) is 0 Å². The molecule has 1 N–H and O–H groups in total. The van der Waals surface area contributed by atoms with Gasteiger partial charge >= 0.3 is 0 Å². The number of nitrogens with one attached hydrogen (secondary N) is 1. The highest BCUT2D eigenvalue weighted by Gasteiger charge is 2.20. The number of hydrogen-bond donors (Lipinski definition) is 1. The van der Waals surface area contributed by atoms with E-state index in [0.717, 1.165) is 51.9 Å². The molecule has 1 unspecified atom stereocenters. The molecule has 0 spiro atoms. The Morgan fingerprint density at radius 1 is 1.22 bits per heavy atom. The number of rotatable bonds is 5. The summed E-state index contributed by atoms with van der Waals surface area (Å²) in [5, 5.41) is 1.01. The van der Waals surface area contributed by atoms with E-state index in [1.165, 1.54) is 17.7 Å². The largest absolute Gasteiger partial charge is 0.461 e. The number of hydrogen-bond acceptors (Lipinski definition) is 2. The molecule has 3 aromatic rings. The molecule has 0 radical (unpaired) electrons. The number of allylic oxidation sites excluding steroid dienone is 2. The van der Waals surface area contributed by atoms with Crippen LogP contribution in [0.2, 0.25) is 0 Å². The molecule has 0 amide bonds. The Kier molecular flexibility index (Phi) is 4.87. The summed E-state index contributed by atoms with van der Waals surface area (Å²) in [6.45, 7) is 2.13. The maximum Gasteiger partial charge on any atom is 0.130 e. The van der Waals surface area contributed by atoms with Crippen molar-refractivity contribution in [3.8, 4) is 16.9 Å². The molecule has 0 aliphatic carbocycles. The van der Waals surface area contributed by atoms with E-state index in [-0.39, 0.29) is 5.82 Å². The second kappa shape index (κ2) is 7.31. The van der Waals surface area contributed by atoms with Crippen molar-refractivity contribution >= 4 is 21.7 Å². The smallest absolute Gasteiger partial charge is 0.130 e. The van der Waals surface area contributed by atoms with Gasteiger partial charge in [-0.3, -0.25) is 4.21 Å². The number of aromatic amines is 1. The van der Waals surface area contributed by atoms with Crippen LogP contribution in [0.15, 0.2) is 53.9 Å². The molecular formula is C22H22FNO2S. The average molecular weight is 383 g/mol. The topological polar surface area (TPSA) is 42.1 Å². The Bertz CT molecular complexity index is 1070. The van der Waals surface area contributed by atoms with Crippen molar-refractivity contribution < 1.29 is 13.3 Å². The van der Waals surface area contributed by atoms with E-state index in [0.29, 0.717) is 12.2 Å². The minimum absolute atomic E-state index is 0.243. The Morgan fingerprint density at radius 2 is 2.07 bits per heavy atom. The number of ether oxygens (including phenoxy) is 1. The van der Waals surface area contributed by atoms with Crippen molar-refractivity contribution in [1.82, 2.24) is 4.98 Å².